The molecule has 2 atom stereocenters. The Bertz CT molecular complexity index is 1690. The Labute approximate surface area is 258 Å². The first-order valence-electron chi connectivity index (χ1n) is 14.5. The van der Waals surface area contributed by atoms with Crippen molar-refractivity contribution in [2.24, 2.45) is 0 Å². The number of nitrogens with zero attached hydrogens (tertiary/aromatic N) is 2. The van der Waals surface area contributed by atoms with Gasteiger partial charge in [-0.3, -0.25) is 14.8 Å². The minimum atomic E-state index is -5.08. The van der Waals surface area contributed by atoms with Crippen LogP contribution in [0.25, 0.3) is 29.1 Å². The lowest BCUT2D eigenvalue weighted by atomic mass is 9.92. The number of aromatic amines is 1. The smallest absolute Gasteiger partial charge is 0.475 e. The van der Waals surface area contributed by atoms with Crippen molar-refractivity contribution >= 4 is 41.0 Å². The van der Waals surface area contributed by atoms with Crippen LogP contribution in [0.3, 0.4) is 0 Å². The van der Waals surface area contributed by atoms with Crippen molar-refractivity contribution in [1.82, 2.24) is 20.4 Å². The molecule has 0 aliphatic carbocycles. The molecular formula is C34H33F3N4O4. The quantitative estimate of drug-likeness (QED) is 0.227. The van der Waals surface area contributed by atoms with Crippen molar-refractivity contribution in [2.75, 3.05) is 32.8 Å². The van der Waals surface area contributed by atoms with Crippen LogP contribution in [0.1, 0.15) is 46.8 Å². The lowest BCUT2D eigenvalue weighted by molar-refractivity contribution is -0.192. The number of morpholine rings is 1. The Morgan fingerprint density at radius 1 is 1.02 bits per heavy atom. The monoisotopic (exact) mass is 618 g/mol. The van der Waals surface area contributed by atoms with Gasteiger partial charge in [0.2, 0.25) is 5.91 Å². The molecule has 11 heteroatoms. The van der Waals surface area contributed by atoms with Crippen molar-refractivity contribution in [2.45, 2.75) is 25.1 Å². The van der Waals surface area contributed by atoms with Gasteiger partial charge >= 0.3 is 12.1 Å². The standard InChI is InChI=1S/C32H32N4O2.C2HF3O2/c1-22(36-15-17-38-18-16-36)25-11-7-23(8-12-25)10-14-30-27-13-9-24(20-31(27)35-34-30)19-28-29(21-33-32(28)37)26-5-3-2-4-6-26;3-2(4,5)1(6)7/h2-14,19-20,22,29H,15-18,21H2,1H3,(H,33,37)(H,34,35);(H,6,7)/b14-10+,28-19+;. The number of aromatic nitrogens is 2. The number of halogens is 3. The fraction of sp³-hybridized carbons (Fsp3) is 0.265. The third kappa shape index (κ3) is 7.86. The van der Waals surface area contributed by atoms with E-state index in [2.05, 4.69) is 88.0 Å². The molecule has 1 amide bonds. The maximum absolute atomic E-state index is 12.6. The maximum atomic E-state index is 12.6. The number of carboxylic acid groups (broad SMARTS) is 1. The number of ether oxygens (including phenoxy) is 1. The number of carbonyl (C=O) groups excluding carboxylic acids is 1. The number of amides is 1. The van der Waals surface area contributed by atoms with Gasteiger partial charge in [-0.15, -0.1) is 0 Å². The van der Waals surface area contributed by atoms with Gasteiger partial charge < -0.3 is 15.2 Å². The number of hydrogen-bond acceptors (Lipinski definition) is 5. The minimum absolute atomic E-state index is 0.00228. The zero-order valence-corrected chi connectivity index (χ0v) is 24.6. The number of hydrogen-bond donors (Lipinski definition) is 3. The Morgan fingerprint density at radius 3 is 2.36 bits per heavy atom. The molecule has 2 unspecified atom stereocenters. The van der Waals surface area contributed by atoms with E-state index in [0.29, 0.717) is 12.6 Å². The van der Waals surface area contributed by atoms with E-state index in [1.807, 2.05) is 30.4 Å². The molecule has 0 spiro atoms. The molecule has 3 N–H and O–H groups in total. The van der Waals surface area contributed by atoms with Gasteiger partial charge in [0.1, 0.15) is 0 Å². The van der Waals surface area contributed by atoms with Crippen molar-refractivity contribution in [3.63, 3.8) is 0 Å². The fourth-order valence-corrected chi connectivity index (χ4v) is 5.41. The second kappa shape index (κ2) is 13.9. The molecule has 4 aromatic rings. The predicted octanol–water partition coefficient (Wildman–Crippen LogP) is 6.06. The number of carboxylic acids is 1. The highest BCUT2D eigenvalue weighted by Crippen LogP contribution is 2.31. The molecule has 2 aliphatic heterocycles. The molecule has 6 rings (SSSR count). The van der Waals surface area contributed by atoms with E-state index in [1.165, 1.54) is 5.56 Å². The van der Waals surface area contributed by atoms with Crippen LogP contribution in [-0.4, -0.2) is 71.1 Å². The second-order valence-electron chi connectivity index (χ2n) is 10.8. The first kappa shape index (κ1) is 31.7. The van der Waals surface area contributed by atoms with Crippen molar-refractivity contribution in [1.29, 1.82) is 0 Å². The van der Waals surface area contributed by atoms with E-state index >= 15 is 0 Å². The van der Waals surface area contributed by atoms with Crippen LogP contribution >= 0.6 is 0 Å². The molecule has 45 heavy (non-hydrogen) atoms. The Balaban J connectivity index is 0.000000515. The number of aliphatic carboxylic acids is 1. The van der Waals surface area contributed by atoms with Gasteiger partial charge in [-0.05, 0) is 53.5 Å². The van der Waals surface area contributed by atoms with Crippen LogP contribution in [0.5, 0.6) is 0 Å². The summed E-state index contributed by atoms with van der Waals surface area (Å²) in [5, 5.41) is 18.9. The van der Waals surface area contributed by atoms with E-state index in [1.54, 1.807) is 0 Å². The molecule has 0 radical (unpaired) electrons. The number of benzene rings is 3. The average molecular weight is 619 g/mol. The molecule has 3 heterocycles. The summed E-state index contributed by atoms with van der Waals surface area (Å²) in [4.78, 5) is 23.9. The van der Waals surface area contributed by atoms with Crippen LogP contribution in [-0.2, 0) is 14.3 Å². The van der Waals surface area contributed by atoms with Gasteiger partial charge in [0.25, 0.3) is 0 Å². The normalized spacial score (nSPS) is 19.0. The third-order valence-corrected chi connectivity index (χ3v) is 7.93. The Hall–Kier alpha value is -4.74. The third-order valence-electron chi connectivity index (χ3n) is 7.93. The van der Waals surface area contributed by atoms with Crippen LogP contribution < -0.4 is 5.32 Å². The van der Waals surface area contributed by atoms with Crippen LogP contribution in [0.4, 0.5) is 13.2 Å². The number of rotatable bonds is 6. The highest BCUT2D eigenvalue weighted by molar-refractivity contribution is 6.02. The molecule has 2 aliphatic rings. The number of alkyl halides is 3. The fourth-order valence-electron chi connectivity index (χ4n) is 5.41. The van der Waals surface area contributed by atoms with Crippen LogP contribution in [0.2, 0.25) is 0 Å². The SMILES string of the molecule is CC(c1ccc(/C=C/c2n[nH]c3cc(/C=C4/C(=O)NCC4c4ccccc4)ccc23)cc1)N1CCOCC1.O=C(O)C(F)(F)F. The van der Waals surface area contributed by atoms with Gasteiger partial charge in [0.15, 0.2) is 0 Å². The van der Waals surface area contributed by atoms with Crippen molar-refractivity contribution in [3.8, 4) is 0 Å². The van der Waals surface area contributed by atoms with E-state index in [4.69, 9.17) is 14.6 Å². The van der Waals surface area contributed by atoms with E-state index < -0.39 is 12.1 Å². The number of fused-ring (bicyclic) bond motifs is 1. The molecule has 234 valence electrons. The van der Waals surface area contributed by atoms with E-state index in [-0.39, 0.29) is 11.8 Å². The maximum Gasteiger partial charge on any atom is 0.490 e. The average Bonchev–Trinajstić information content (AvgIpc) is 3.63. The summed E-state index contributed by atoms with van der Waals surface area (Å²) < 4.78 is 37.2. The van der Waals surface area contributed by atoms with Gasteiger partial charge in [-0.1, -0.05) is 66.7 Å². The van der Waals surface area contributed by atoms with E-state index in [9.17, 15) is 18.0 Å². The summed E-state index contributed by atoms with van der Waals surface area (Å²) in [6.07, 6.45) is 1.06. The summed E-state index contributed by atoms with van der Waals surface area (Å²) in [7, 11) is 0. The van der Waals surface area contributed by atoms with Gasteiger partial charge in [-0.2, -0.15) is 18.3 Å². The number of nitrogens with one attached hydrogen (secondary N) is 2. The van der Waals surface area contributed by atoms with Gasteiger partial charge in [0.05, 0.1) is 24.4 Å². The molecule has 8 nitrogen and oxygen atoms in total. The Morgan fingerprint density at radius 2 is 1.69 bits per heavy atom. The number of carbonyl (C=O) groups is 2. The molecule has 2 fully saturated rings. The summed E-state index contributed by atoms with van der Waals surface area (Å²) in [5.74, 6) is -2.70. The lowest BCUT2D eigenvalue weighted by Gasteiger charge is -2.32. The predicted molar refractivity (Wildman–Crippen MR) is 166 cm³/mol. The first-order chi connectivity index (χ1) is 21.6. The summed E-state index contributed by atoms with van der Waals surface area (Å²) in [6, 6.07) is 25.5. The second-order valence-corrected chi connectivity index (χ2v) is 10.8. The Kier molecular flexibility index (Phi) is 9.80. The zero-order valence-electron chi connectivity index (χ0n) is 24.6. The highest BCUT2D eigenvalue weighted by Gasteiger charge is 2.38. The first-order valence-corrected chi connectivity index (χ1v) is 14.5. The van der Waals surface area contributed by atoms with Gasteiger partial charge in [-0.25, -0.2) is 4.79 Å². The van der Waals surface area contributed by atoms with Gasteiger partial charge in [0, 0.05) is 42.6 Å². The topological polar surface area (TPSA) is 108 Å². The minimum Gasteiger partial charge on any atom is -0.475 e. The number of H-pyrrole nitrogens is 1. The summed E-state index contributed by atoms with van der Waals surface area (Å²) in [6.45, 7) is 6.47. The summed E-state index contributed by atoms with van der Waals surface area (Å²) in [5.41, 5.74) is 7.22. The van der Waals surface area contributed by atoms with Crippen LogP contribution in [0.15, 0.2) is 78.4 Å². The molecule has 3 aromatic carbocycles. The largest absolute Gasteiger partial charge is 0.490 e. The van der Waals surface area contributed by atoms with Crippen LogP contribution in [0, 0.1) is 0 Å². The molecule has 1 aromatic heterocycles. The van der Waals surface area contributed by atoms with Crippen molar-refractivity contribution < 1.29 is 32.6 Å². The molecule has 0 saturated carbocycles. The van der Waals surface area contributed by atoms with E-state index in [0.717, 1.165) is 65.2 Å². The highest BCUT2D eigenvalue weighted by atomic mass is 19.4. The molecular weight excluding hydrogens is 585 g/mol. The molecule has 2 saturated heterocycles. The lowest BCUT2D eigenvalue weighted by Crippen LogP contribution is -2.37. The van der Waals surface area contributed by atoms with Crippen molar-refractivity contribution in [3.05, 3.63) is 106 Å². The molecule has 0 bridgehead atoms. The summed E-state index contributed by atoms with van der Waals surface area (Å²) >= 11 is 0. The zero-order chi connectivity index (χ0) is 32.0.